The third-order valence-electron chi connectivity index (χ3n) is 14.3. The lowest BCUT2D eigenvalue weighted by atomic mass is 9.74. The van der Waals surface area contributed by atoms with Gasteiger partial charge in [0.15, 0.2) is 0 Å². The number of ether oxygens (including phenoxy) is 1. The van der Waals surface area contributed by atoms with Crippen molar-refractivity contribution in [1.82, 2.24) is 14.1 Å². The minimum Gasteiger partial charge on any atom is -0.458 e. The minimum absolute atomic E-state index is 0.0151. The number of fused-ring (bicyclic) bond motifs is 4. The lowest BCUT2D eigenvalue weighted by molar-refractivity contribution is -0.574. The number of pyridine rings is 1. The summed E-state index contributed by atoms with van der Waals surface area (Å²) in [6.45, 7) is 41.6. The van der Waals surface area contributed by atoms with Gasteiger partial charge in [-0.1, -0.05) is 191 Å². The lowest BCUT2D eigenvalue weighted by Gasteiger charge is -2.34. The Balaban J connectivity index is 1.25. The van der Waals surface area contributed by atoms with Crippen LogP contribution in [0.15, 0.2) is 134 Å². The van der Waals surface area contributed by atoms with Crippen LogP contribution in [-0.2, 0) is 32.5 Å². The Bertz CT molecular complexity index is 3430. The fourth-order valence-corrected chi connectivity index (χ4v) is 9.85. The first-order chi connectivity index (χ1) is 33.0. The van der Waals surface area contributed by atoms with Crippen LogP contribution in [0.3, 0.4) is 0 Å². The van der Waals surface area contributed by atoms with Gasteiger partial charge in [-0.25, -0.2) is 4.98 Å². The molecule has 0 fully saturated rings. The fourth-order valence-electron chi connectivity index (χ4n) is 9.85. The average Bonchev–Trinajstić information content (AvgIpc) is 3.82. The van der Waals surface area contributed by atoms with Gasteiger partial charge >= 0.3 is 0 Å². The van der Waals surface area contributed by atoms with E-state index in [4.69, 9.17) is 9.72 Å². The highest BCUT2D eigenvalue weighted by atomic mass is 16.5. The first-order valence-corrected chi connectivity index (χ1v) is 25.6. The summed E-state index contributed by atoms with van der Waals surface area (Å²) < 4.78 is 13.8. The quantitative estimate of drug-likeness (QED) is 0.123. The molecule has 71 heavy (non-hydrogen) atoms. The van der Waals surface area contributed by atoms with Crippen molar-refractivity contribution >= 4 is 32.8 Å². The van der Waals surface area contributed by atoms with Crippen LogP contribution < -0.4 is 9.30 Å². The van der Waals surface area contributed by atoms with Crippen LogP contribution in [0.25, 0.3) is 61.2 Å². The van der Waals surface area contributed by atoms with Crippen LogP contribution in [-0.4, -0.2) is 14.1 Å². The van der Waals surface area contributed by atoms with Gasteiger partial charge in [-0.05, 0) is 132 Å². The van der Waals surface area contributed by atoms with Crippen molar-refractivity contribution in [2.75, 3.05) is 0 Å². The molecule has 0 spiro atoms. The summed E-state index contributed by atoms with van der Waals surface area (Å²) in [5.74, 6) is 2.38. The zero-order valence-electron chi connectivity index (χ0n) is 45.9. The second-order valence-corrected chi connectivity index (χ2v) is 26.2. The van der Waals surface area contributed by atoms with Gasteiger partial charge in [0.05, 0.1) is 33.4 Å². The molecule has 5 heteroatoms. The summed E-state index contributed by atoms with van der Waals surface area (Å²) in [4.78, 5) is 4.92. The summed E-state index contributed by atoms with van der Waals surface area (Å²) in [6, 6.07) is 46.9. The monoisotopic (exact) mass is 941 g/mol. The SMILES string of the molecule is CC(C)(C)c1cc(-c2ccc3c(c2)n(-c2cccc(Oc4ccc5c6ccccc6n(-c6cc(C(C)(C)C)ccn6)c5c4)c2)[c-][n+]3-c2c(C(C)(C)C)cc(C(C)(C)C)cc2C(C)(C)C)cc(C(C)(C)C)c1. The minimum atomic E-state index is -0.158. The van der Waals surface area contributed by atoms with E-state index in [1.807, 2.05) is 6.20 Å². The van der Waals surface area contributed by atoms with Crippen LogP contribution in [0.1, 0.15) is 158 Å². The molecule has 0 N–H and O–H groups in total. The number of benzene rings is 6. The maximum Gasteiger partial charge on any atom is 0.269 e. The topological polar surface area (TPSA) is 35.9 Å². The fraction of sp³-hybridized carbons (Fsp3) is 0.364. The maximum absolute atomic E-state index is 6.90. The second-order valence-electron chi connectivity index (χ2n) is 26.2. The van der Waals surface area contributed by atoms with Crippen LogP contribution in [0.5, 0.6) is 11.5 Å². The summed E-state index contributed by atoms with van der Waals surface area (Å²) >= 11 is 0. The second kappa shape index (κ2) is 17.1. The molecule has 0 bridgehead atoms. The van der Waals surface area contributed by atoms with Gasteiger partial charge in [-0.2, -0.15) is 0 Å². The summed E-state index contributed by atoms with van der Waals surface area (Å²) in [7, 11) is 0. The molecule has 0 aliphatic heterocycles. The smallest absolute Gasteiger partial charge is 0.269 e. The normalized spacial score (nSPS) is 13.2. The first kappa shape index (κ1) is 49.5. The molecule has 9 aromatic rings. The molecule has 0 saturated carbocycles. The van der Waals surface area contributed by atoms with Crippen LogP contribution in [0, 0.1) is 6.33 Å². The Kier molecular flexibility index (Phi) is 11.9. The highest BCUT2D eigenvalue weighted by Crippen LogP contribution is 2.42. The number of imidazole rings is 1. The number of aromatic nitrogens is 4. The van der Waals surface area contributed by atoms with Crippen molar-refractivity contribution in [2.45, 2.75) is 157 Å². The predicted octanol–water partition coefficient (Wildman–Crippen LogP) is 17.4. The van der Waals surface area contributed by atoms with Gasteiger partial charge in [-0.3, -0.25) is 13.7 Å². The van der Waals surface area contributed by atoms with Crippen LogP contribution in [0.2, 0.25) is 0 Å². The van der Waals surface area contributed by atoms with Gasteiger partial charge in [0, 0.05) is 23.0 Å². The van der Waals surface area contributed by atoms with Gasteiger partial charge in [-0.15, -0.1) is 0 Å². The number of rotatable bonds is 6. The van der Waals surface area contributed by atoms with Gasteiger partial charge in [0.1, 0.15) is 17.3 Å². The molecule has 0 atom stereocenters. The van der Waals surface area contributed by atoms with Crippen molar-refractivity contribution in [2.24, 2.45) is 0 Å². The number of para-hydroxylation sites is 1. The van der Waals surface area contributed by atoms with Gasteiger partial charge in [0.25, 0.3) is 6.33 Å². The average molecular weight is 941 g/mol. The van der Waals surface area contributed by atoms with E-state index < -0.39 is 0 Å². The molecule has 366 valence electrons. The molecule has 3 heterocycles. The van der Waals surface area contributed by atoms with Crippen molar-refractivity contribution in [3.8, 4) is 39.8 Å². The van der Waals surface area contributed by atoms with Crippen molar-refractivity contribution < 1.29 is 9.30 Å². The zero-order chi connectivity index (χ0) is 51.4. The van der Waals surface area contributed by atoms with Gasteiger partial charge < -0.3 is 4.74 Å². The van der Waals surface area contributed by atoms with E-state index in [9.17, 15) is 0 Å². The maximum atomic E-state index is 6.90. The van der Waals surface area contributed by atoms with E-state index in [2.05, 4.69) is 272 Å². The Hall–Kier alpha value is -6.46. The highest BCUT2D eigenvalue weighted by molar-refractivity contribution is 6.09. The molecule has 5 nitrogen and oxygen atoms in total. The molecular weight excluding hydrogens is 865 g/mol. The van der Waals surface area contributed by atoms with E-state index >= 15 is 0 Å². The van der Waals surface area contributed by atoms with E-state index in [0.717, 1.165) is 50.5 Å². The number of hydrogen-bond acceptors (Lipinski definition) is 2. The molecule has 0 aliphatic carbocycles. The van der Waals surface area contributed by atoms with E-state index in [1.165, 1.54) is 55.6 Å². The Morgan fingerprint density at radius 2 is 1.01 bits per heavy atom. The molecule has 0 unspecified atom stereocenters. The largest absolute Gasteiger partial charge is 0.458 e. The Morgan fingerprint density at radius 3 is 1.62 bits per heavy atom. The predicted molar refractivity (Wildman–Crippen MR) is 300 cm³/mol. The zero-order valence-corrected chi connectivity index (χ0v) is 45.9. The first-order valence-electron chi connectivity index (χ1n) is 25.6. The van der Waals surface area contributed by atoms with E-state index in [0.29, 0.717) is 0 Å². The summed E-state index contributed by atoms with van der Waals surface area (Å²) in [5, 5.41) is 2.33. The molecule has 0 amide bonds. The number of nitrogens with zero attached hydrogens (tertiary/aromatic N) is 4. The standard InChI is InChI=1S/C66H76N4O/c1-61(2,3)44-30-31-67-59(38-44)70-55-25-20-19-24-51(55)52-28-27-50(40-57(52)70)71-49-23-21-22-48(39-49)68-41-69(60-53(65(13,14)15)36-47(64(10,11)12)37-54(60)66(16,17)18)56-29-26-42(34-58(56)68)43-32-45(62(4,5)6)35-46(33-43)63(7,8)9/h19-40H,1-18H3. The third-order valence-corrected chi connectivity index (χ3v) is 14.3. The molecule has 0 saturated heterocycles. The van der Waals surface area contributed by atoms with Crippen molar-refractivity contribution in [3.05, 3.63) is 173 Å². The van der Waals surface area contributed by atoms with Crippen LogP contribution >= 0.6 is 0 Å². The molecular formula is C66H76N4O. The molecule has 3 aromatic heterocycles. The lowest BCUT2D eigenvalue weighted by Crippen LogP contribution is -2.38. The molecule has 0 aliphatic rings. The third kappa shape index (κ3) is 9.57. The Labute approximate surface area is 424 Å². The van der Waals surface area contributed by atoms with E-state index in [-0.39, 0.29) is 32.5 Å². The van der Waals surface area contributed by atoms with Crippen LogP contribution in [0.4, 0.5) is 0 Å². The van der Waals surface area contributed by atoms with Gasteiger partial charge in [0.2, 0.25) is 0 Å². The molecule has 9 rings (SSSR count). The van der Waals surface area contributed by atoms with Crippen molar-refractivity contribution in [1.29, 1.82) is 0 Å². The molecule has 0 radical (unpaired) electrons. The van der Waals surface area contributed by atoms with E-state index in [1.54, 1.807) is 0 Å². The molecule has 6 aromatic carbocycles. The number of hydrogen-bond donors (Lipinski definition) is 0. The highest BCUT2D eigenvalue weighted by Gasteiger charge is 2.32. The summed E-state index contributed by atoms with van der Waals surface area (Å²) in [6.07, 6.45) is 5.92. The van der Waals surface area contributed by atoms with Crippen molar-refractivity contribution in [3.63, 3.8) is 0 Å². The Morgan fingerprint density at radius 1 is 0.437 bits per heavy atom. The summed E-state index contributed by atoms with van der Waals surface area (Å²) in [5.41, 5.74) is 16.3.